The van der Waals surface area contributed by atoms with Crippen molar-refractivity contribution in [2.75, 3.05) is 55.6 Å². The molecule has 4 heterocycles. The SMILES string of the molecule is O=C1CC[C@H](N2Cc3cc(N4CCN(CC5CCN(c6ccc([C@@H]7c8ccc(O)cc8CC[C@@H]7c7ccccc7)cc6)CC5)CC4)ccc3C2O)C(=O)N1. The number of hydrogen-bond acceptors (Lipinski definition) is 8. The van der Waals surface area contributed by atoms with Crippen LogP contribution in [-0.2, 0) is 22.6 Å². The number of carbonyl (C=O) groups is 2. The zero-order valence-electron chi connectivity index (χ0n) is 30.9. The molecule has 4 aliphatic heterocycles. The molecule has 280 valence electrons. The molecule has 1 unspecified atom stereocenters. The first-order chi connectivity index (χ1) is 26.4. The van der Waals surface area contributed by atoms with Gasteiger partial charge in [-0.3, -0.25) is 24.7 Å². The number of aliphatic hydroxyl groups excluding tert-OH is 1. The van der Waals surface area contributed by atoms with Gasteiger partial charge < -0.3 is 20.0 Å². The number of phenols is 1. The summed E-state index contributed by atoms with van der Waals surface area (Å²) in [5.74, 6) is 1.19. The van der Waals surface area contributed by atoms with Gasteiger partial charge in [-0.1, -0.05) is 54.6 Å². The fourth-order valence-electron chi connectivity index (χ4n) is 10.0. The number of phenolic OH excluding ortho intramolecular Hbond substituents is 1. The number of benzene rings is 4. The minimum absolute atomic E-state index is 0.237. The molecule has 54 heavy (non-hydrogen) atoms. The standard InChI is InChI=1S/C45H51N5O4/c51-37-12-15-39-33(27-37)8-13-38(31-4-2-1-3-5-31)43(39)32-6-9-35(10-7-32)48-20-18-30(19-21-48)28-47-22-24-49(25-23-47)36-11-14-40-34(26-36)29-50(45(40)54)41-16-17-42(52)46-44(41)53/h1-7,9-12,14-15,26-27,30,38,41,43,45,51,54H,8,13,16-25,28-29H2,(H,46,52,53)/t38-,41+,43+,45?/m1/s1. The van der Waals surface area contributed by atoms with Crippen LogP contribution >= 0.6 is 0 Å². The lowest BCUT2D eigenvalue weighted by molar-refractivity contribution is -0.141. The van der Waals surface area contributed by atoms with Crippen LogP contribution in [0.2, 0.25) is 0 Å². The lowest BCUT2D eigenvalue weighted by atomic mass is 9.69. The minimum Gasteiger partial charge on any atom is -0.508 e. The summed E-state index contributed by atoms with van der Waals surface area (Å²) < 4.78 is 0. The van der Waals surface area contributed by atoms with E-state index in [9.17, 15) is 19.8 Å². The molecule has 0 spiro atoms. The molecule has 3 fully saturated rings. The van der Waals surface area contributed by atoms with E-state index < -0.39 is 12.3 Å². The number of aliphatic hydroxyl groups is 1. The van der Waals surface area contributed by atoms with Gasteiger partial charge in [0.25, 0.3) is 0 Å². The Hall–Kier alpha value is -4.70. The molecule has 1 aliphatic carbocycles. The molecule has 0 radical (unpaired) electrons. The summed E-state index contributed by atoms with van der Waals surface area (Å²) in [4.78, 5) is 33.6. The van der Waals surface area contributed by atoms with Gasteiger partial charge in [-0.25, -0.2) is 0 Å². The fraction of sp³-hybridized carbons (Fsp3) is 0.422. The normalized spacial score (nSPS) is 25.4. The van der Waals surface area contributed by atoms with Gasteiger partial charge in [0, 0.05) is 81.6 Å². The molecule has 5 aliphatic rings. The van der Waals surface area contributed by atoms with Gasteiger partial charge in [-0.2, -0.15) is 0 Å². The molecule has 9 rings (SSSR count). The van der Waals surface area contributed by atoms with Crippen LogP contribution in [0.15, 0.2) is 91.0 Å². The third kappa shape index (κ3) is 6.89. The Morgan fingerprint density at radius 1 is 0.667 bits per heavy atom. The number of piperidine rings is 2. The molecule has 0 aromatic heterocycles. The highest BCUT2D eigenvalue weighted by molar-refractivity contribution is 6.00. The summed E-state index contributed by atoms with van der Waals surface area (Å²) >= 11 is 0. The summed E-state index contributed by atoms with van der Waals surface area (Å²) in [6, 6.07) is 32.1. The smallest absolute Gasteiger partial charge is 0.244 e. The van der Waals surface area contributed by atoms with Crippen LogP contribution in [0, 0.1) is 5.92 Å². The number of rotatable bonds is 7. The van der Waals surface area contributed by atoms with E-state index in [1.165, 1.54) is 46.5 Å². The number of nitrogens with zero attached hydrogens (tertiary/aromatic N) is 4. The zero-order valence-corrected chi connectivity index (χ0v) is 30.9. The summed E-state index contributed by atoms with van der Waals surface area (Å²) in [7, 11) is 0. The lowest BCUT2D eigenvalue weighted by Gasteiger charge is -2.40. The monoisotopic (exact) mass is 725 g/mol. The molecule has 4 atom stereocenters. The van der Waals surface area contributed by atoms with Crippen LogP contribution in [0.25, 0.3) is 0 Å². The van der Waals surface area contributed by atoms with Crippen molar-refractivity contribution in [2.24, 2.45) is 5.92 Å². The van der Waals surface area contributed by atoms with Crippen LogP contribution in [0.3, 0.4) is 0 Å². The second-order valence-electron chi connectivity index (χ2n) is 16.1. The van der Waals surface area contributed by atoms with Crippen molar-refractivity contribution in [3.05, 3.63) is 124 Å². The maximum Gasteiger partial charge on any atom is 0.244 e. The van der Waals surface area contributed by atoms with Crippen LogP contribution in [0.1, 0.15) is 83.5 Å². The van der Waals surface area contributed by atoms with E-state index in [2.05, 4.69) is 92.8 Å². The molecular weight excluding hydrogens is 675 g/mol. The molecule has 3 saturated heterocycles. The largest absolute Gasteiger partial charge is 0.508 e. The van der Waals surface area contributed by atoms with Gasteiger partial charge in [-0.15, -0.1) is 0 Å². The van der Waals surface area contributed by atoms with Gasteiger partial charge in [0.05, 0.1) is 6.04 Å². The first-order valence-corrected chi connectivity index (χ1v) is 20.0. The van der Waals surface area contributed by atoms with Crippen LogP contribution < -0.4 is 15.1 Å². The minimum atomic E-state index is -0.829. The van der Waals surface area contributed by atoms with E-state index >= 15 is 0 Å². The number of aromatic hydroxyl groups is 1. The number of imide groups is 1. The number of amides is 2. The molecule has 4 aromatic carbocycles. The highest BCUT2D eigenvalue weighted by Crippen LogP contribution is 2.47. The maximum atomic E-state index is 12.5. The van der Waals surface area contributed by atoms with Crippen molar-refractivity contribution in [1.82, 2.24) is 15.1 Å². The summed E-state index contributed by atoms with van der Waals surface area (Å²) in [5.41, 5.74) is 9.75. The Bertz CT molecular complexity index is 1990. The van der Waals surface area contributed by atoms with Crippen molar-refractivity contribution in [2.45, 2.75) is 69.2 Å². The van der Waals surface area contributed by atoms with E-state index in [1.54, 1.807) is 0 Å². The van der Waals surface area contributed by atoms with E-state index in [1.807, 2.05) is 23.1 Å². The number of hydrogen-bond donors (Lipinski definition) is 3. The first-order valence-electron chi connectivity index (χ1n) is 20.0. The number of carbonyl (C=O) groups excluding carboxylic acids is 2. The van der Waals surface area contributed by atoms with Crippen LogP contribution in [0.5, 0.6) is 5.75 Å². The number of anilines is 2. The Balaban J connectivity index is 0.779. The fourth-order valence-corrected chi connectivity index (χ4v) is 10.0. The summed E-state index contributed by atoms with van der Waals surface area (Å²) in [5, 5.41) is 23.7. The first kappa shape index (κ1) is 35.0. The quantitative estimate of drug-likeness (QED) is 0.203. The van der Waals surface area contributed by atoms with Gasteiger partial charge in [0.2, 0.25) is 11.8 Å². The molecule has 0 saturated carbocycles. The van der Waals surface area contributed by atoms with Crippen LogP contribution in [0.4, 0.5) is 11.4 Å². The van der Waals surface area contributed by atoms with Gasteiger partial charge >= 0.3 is 0 Å². The van der Waals surface area contributed by atoms with Crippen molar-refractivity contribution < 1.29 is 19.8 Å². The highest BCUT2D eigenvalue weighted by Gasteiger charge is 2.40. The van der Waals surface area contributed by atoms with Crippen molar-refractivity contribution in [3.8, 4) is 5.75 Å². The number of aryl methyl sites for hydroxylation is 1. The molecule has 0 bridgehead atoms. The number of nitrogens with one attached hydrogen (secondary N) is 1. The predicted octanol–water partition coefficient (Wildman–Crippen LogP) is 5.90. The summed E-state index contributed by atoms with van der Waals surface area (Å²) in [6.45, 7) is 7.85. The number of piperazine rings is 1. The van der Waals surface area contributed by atoms with E-state index in [4.69, 9.17) is 0 Å². The average molecular weight is 726 g/mol. The lowest BCUT2D eigenvalue weighted by Crippen LogP contribution is -2.51. The van der Waals surface area contributed by atoms with E-state index in [0.717, 1.165) is 69.8 Å². The third-order valence-electron chi connectivity index (χ3n) is 13.0. The second kappa shape index (κ2) is 14.9. The zero-order chi connectivity index (χ0) is 36.8. The molecule has 9 heteroatoms. The molecular formula is C45H51N5O4. The molecule has 9 nitrogen and oxygen atoms in total. The maximum absolute atomic E-state index is 12.5. The Kier molecular flexibility index (Phi) is 9.63. The van der Waals surface area contributed by atoms with E-state index in [0.29, 0.717) is 37.0 Å². The second-order valence-corrected chi connectivity index (χ2v) is 16.1. The predicted molar refractivity (Wildman–Crippen MR) is 211 cm³/mol. The average Bonchev–Trinajstić information content (AvgIpc) is 3.53. The Morgan fingerprint density at radius 3 is 2.15 bits per heavy atom. The highest BCUT2D eigenvalue weighted by atomic mass is 16.3. The van der Waals surface area contributed by atoms with Crippen LogP contribution in [-0.4, -0.2) is 83.7 Å². The van der Waals surface area contributed by atoms with E-state index in [-0.39, 0.29) is 17.7 Å². The Morgan fingerprint density at radius 2 is 1.39 bits per heavy atom. The summed E-state index contributed by atoms with van der Waals surface area (Å²) in [6.07, 6.45) is 4.38. The third-order valence-corrected chi connectivity index (χ3v) is 13.0. The van der Waals surface area contributed by atoms with Gasteiger partial charge in [0.1, 0.15) is 12.0 Å². The molecule has 2 amide bonds. The molecule has 3 N–H and O–H groups in total. The topological polar surface area (TPSA) is 99.6 Å². The van der Waals surface area contributed by atoms with Gasteiger partial charge in [0.15, 0.2) is 0 Å². The Labute approximate surface area is 318 Å². The van der Waals surface area contributed by atoms with Crippen molar-refractivity contribution in [3.63, 3.8) is 0 Å². The van der Waals surface area contributed by atoms with Crippen molar-refractivity contribution in [1.29, 1.82) is 0 Å². The molecule has 4 aromatic rings. The van der Waals surface area contributed by atoms with Crippen molar-refractivity contribution >= 4 is 23.2 Å². The number of fused-ring (bicyclic) bond motifs is 2. The van der Waals surface area contributed by atoms with Gasteiger partial charge in [-0.05, 0) is 108 Å².